The van der Waals surface area contributed by atoms with Gasteiger partial charge in [0.1, 0.15) is 18.2 Å². The second kappa shape index (κ2) is 20.0. The Kier molecular flexibility index (Phi) is 15.5. The number of pyridine rings is 1. The Labute approximate surface area is 328 Å². The number of carbonyl (C=O) groups excluding carboxylic acids is 1. The molecule has 0 saturated carbocycles. The van der Waals surface area contributed by atoms with Crippen LogP contribution in [0.3, 0.4) is 0 Å². The molecule has 6 rings (SSSR count). The lowest BCUT2D eigenvalue weighted by Crippen LogP contribution is -2.47. The smallest absolute Gasteiger partial charge is 0.246 e. The van der Waals surface area contributed by atoms with Crippen molar-refractivity contribution in [3.8, 4) is 17.4 Å². The lowest BCUT2D eigenvalue weighted by molar-refractivity contribution is -0.127. The van der Waals surface area contributed by atoms with E-state index in [0.717, 1.165) is 55.0 Å². The summed E-state index contributed by atoms with van der Waals surface area (Å²) in [5.74, 6) is 1.32. The Bertz CT molecular complexity index is 1910. The van der Waals surface area contributed by atoms with Crippen LogP contribution < -0.4 is 14.8 Å². The van der Waals surface area contributed by atoms with E-state index in [-0.39, 0.29) is 36.5 Å². The maximum Gasteiger partial charge on any atom is 0.246 e. The van der Waals surface area contributed by atoms with Crippen LogP contribution in [0.4, 0.5) is 10.1 Å². The topological polar surface area (TPSA) is 66.9 Å². The molecule has 1 saturated heterocycles. The van der Waals surface area contributed by atoms with Crippen LogP contribution >= 0.6 is 36.4 Å². The minimum atomic E-state index is -0.232. The van der Waals surface area contributed by atoms with Crippen molar-refractivity contribution >= 4 is 54.1 Å². The van der Waals surface area contributed by atoms with Gasteiger partial charge in [-0.05, 0) is 96.6 Å². The number of halogens is 4. The number of rotatable bonds is 13. The van der Waals surface area contributed by atoms with E-state index in [1.165, 1.54) is 28.8 Å². The van der Waals surface area contributed by atoms with Crippen molar-refractivity contribution in [1.29, 1.82) is 0 Å². The average molecular weight is 778 g/mol. The van der Waals surface area contributed by atoms with Crippen LogP contribution in [0.2, 0.25) is 5.02 Å². The molecule has 2 heterocycles. The number of anilines is 1. The zero-order chi connectivity index (χ0) is 35.6. The number of aryl methyl sites for hydroxylation is 2. The van der Waals surface area contributed by atoms with Crippen LogP contribution in [0.1, 0.15) is 33.4 Å². The number of hydrogen-bond donors (Lipinski definition) is 1. The summed E-state index contributed by atoms with van der Waals surface area (Å²) >= 11 is 6.62. The third-order valence-electron chi connectivity index (χ3n) is 8.81. The molecular formula is C42H44Cl3FN4O3. The second-order valence-electron chi connectivity index (χ2n) is 12.8. The van der Waals surface area contributed by atoms with Gasteiger partial charge in [0.25, 0.3) is 0 Å². The molecule has 0 atom stereocenters. The fraction of sp³-hybridized carbons (Fsp3) is 0.238. The summed E-state index contributed by atoms with van der Waals surface area (Å²) in [6.45, 7) is 9.03. The Morgan fingerprint density at radius 1 is 0.868 bits per heavy atom. The van der Waals surface area contributed by atoms with E-state index in [1.54, 1.807) is 42.6 Å². The van der Waals surface area contributed by atoms with Crippen molar-refractivity contribution in [3.63, 3.8) is 0 Å². The first kappa shape index (κ1) is 41.2. The molecule has 11 heteroatoms. The van der Waals surface area contributed by atoms with Crippen molar-refractivity contribution in [2.75, 3.05) is 38.0 Å². The number of ether oxygens (including phenoxy) is 2. The molecule has 0 spiro atoms. The largest absolute Gasteiger partial charge is 0.487 e. The summed E-state index contributed by atoms with van der Waals surface area (Å²) in [7, 11) is 0. The predicted octanol–water partition coefficient (Wildman–Crippen LogP) is 9.72. The van der Waals surface area contributed by atoms with Crippen molar-refractivity contribution in [3.05, 3.63) is 154 Å². The van der Waals surface area contributed by atoms with E-state index >= 15 is 0 Å². The Morgan fingerprint density at radius 3 is 2.21 bits per heavy atom. The summed E-state index contributed by atoms with van der Waals surface area (Å²) in [5.41, 5.74) is 7.36. The zero-order valence-corrected chi connectivity index (χ0v) is 32.2. The number of aromatic nitrogens is 1. The number of benzene rings is 4. The van der Waals surface area contributed by atoms with Gasteiger partial charge < -0.3 is 19.7 Å². The predicted molar refractivity (Wildman–Crippen MR) is 216 cm³/mol. The molecule has 1 aliphatic rings. The molecule has 0 aliphatic carbocycles. The molecule has 7 nitrogen and oxygen atoms in total. The second-order valence-corrected chi connectivity index (χ2v) is 13.2. The zero-order valence-electron chi connectivity index (χ0n) is 29.8. The van der Waals surface area contributed by atoms with Gasteiger partial charge in [-0.25, -0.2) is 9.37 Å². The standard InChI is InChI=1S/C42H42ClFN4O3.2ClH/c1-30-3-5-34(6-4-30)29-50-38-16-17-40(46-27-38)51-42-31(2)25-35(26-39(42)43)11-18-41(49)48-23-21-47(22-24-48)28-33-9-7-32(8-10-33)19-20-45-37-14-12-36(44)13-15-37;;/h3-18,25-27,45H,19-24,28-29H2,1-2H3;2*1H. The van der Waals surface area contributed by atoms with Crippen LogP contribution in [0.5, 0.6) is 17.4 Å². The fourth-order valence-electron chi connectivity index (χ4n) is 5.84. The molecule has 4 aromatic carbocycles. The highest BCUT2D eigenvalue weighted by Gasteiger charge is 2.20. The lowest BCUT2D eigenvalue weighted by atomic mass is 10.1. The van der Waals surface area contributed by atoms with Crippen LogP contribution in [0, 0.1) is 19.7 Å². The molecule has 0 radical (unpaired) electrons. The molecule has 1 fully saturated rings. The maximum atomic E-state index is 13.1. The number of carbonyl (C=O) groups is 1. The monoisotopic (exact) mass is 776 g/mol. The van der Waals surface area contributed by atoms with Gasteiger partial charge in [0.2, 0.25) is 11.8 Å². The van der Waals surface area contributed by atoms with Gasteiger partial charge in [0.05, 0.1) is 11.2 Å². The molecule has 1 N–H and O–H groups in total. The third kappa shape index (κ3) is 12.2. The van der Waals surface area contributed by atoms with E-state index in [1.807, 2.05) is 36.1 Å². The van der Waals surface area contributed by atoms with Crippen molar-refractivity contribution in [2.24, 2.45) is 0 Å². The molecule has 1 aliphatic heterocycles. The summed E-state index contributed by atoms with van der Waals surface area (Å²) < 4.78 is 25.0. The highest BCUT2D eigenvalue weighted by Crippen LogP contribution is 2.34. The highest BCUT2D eigenvalue weighted by molar-refractivity contribution is 6.32. The normalized spacial score (nSPS) is 12.9. The number of hydrogen-bond acceptors (Lipinski definition) is 6. The highest BCUT2D eigenvalue weighted by atomic mass is 35.5. The number of nitrogens with one attached hydrogen (secondary N) is 1. The first-order chi connectivity index (χ1) is 24.8. The Balaban J connectivity index is 0.00000314. The van der Waals surface area contributed by atoms with Crippen LogP contribution in [-0.2, 0) is 24.4 Å². The van der Waals surface area contributed by atoms with Crippen molar-refractivity contribution in [2.45, 2.75) is 33.4 Å². The molecule has 1 amide bonds. The first-order valence-corrected chi connectivity index (χ1v) is 17.5. The van der Waals surface area contributed by atoms with E-state index in [2.05, 4.69) is 58.5 Å². The van der Waals surface area contributed by atoms with Crippen molar-refractivity contribution < 1.29 is 18.7 Å². The van der Waals surface area contributed by atoms with Gasteiger partial charge in [-0.3, -0.25) is 9.69 Å². The van der Waals surface area contributed by atoms with E-state index in [9.17, 15) is 9.18 Å². The molecule has 0 bridgehead atoms. The summed E-state index contributed by atoms with van der Waals surface area (Å²) in [6.07, 6.45) is 5.93. The summed E-state index contributed by atoms with van der Waals surface area (Å²) in [4.78, 5) is 21.7. The molecular weight excluding hydrogens is 734 g/mol. The van der Waals surface area contributed by atoms with Gasteiger partial charge >= 0.3 is 0 Å². The first-order valence-electron chi connectivity index (χ1n) is 17.2. The molecule has 1 aromatic heterocycles. The SMILES string of the molecule is Cc1ccc(COc2ccc(Oc3c(C)cc(C=CC(=O)N4CCN(Cc5ccc(CCNc6ccc(F)cc6)cc5)CC4)cc3Cl)nc2)cc1.Cl.Cl. The van der Waals surface area contributed by atoms with Gasteiger partial charge in [0, 0.05) is 57.1 Å². The van der Waals surface area contributed by atoms with E-state index < -0.39 is 0 Å². The average Bonchev–Trinajstić information content (AvgIpc) is 3.14. The van der Waals surface area contributed by atoms with E-state index in [0.29, 0.717) is 42.1 Å². The van der Waals surface area contributed by atoms with Gasteiger partial charge in [0.15, 0.2) is 5.75 Å². The molecule has 0 unspecified atom stereocenters. The maximum absolute atomic E-state index is 13.1. The molecule has 53 heavy (non-hydrogen) atoms. The fourth-order valence-corrected chi connectivity index (χ4v) is 6.15. The Hall–Kier alpha value is -4.60. The number of piperazine rings is 1. The molecule has 5 aromatic rings. The minimum Gasteiger partial charge on any atom is -0.487 e. The van der Waals surface area contributed by atoms with Gasteiger partial charge in [-0.15, -0.1) is 24.8 Å². The van der Waals surface area contributed by atoms with Gasteiger partial charge in [-0.2, -0.15) is 0 Å². The number of amides is 1. The summed E-state index contributed by atoms with van der Waals surface area (Å²) in [6, 6.07) is 30.6. The summed E-state index contributed by atoms with van der Waals surface area (Å²) in [5, 5.41) is 3.76. The number of nitrogens with zero attached hydrogens (tertiary/aromatic N) is 3. The van der Waals surface area contributed by atoms with Crippen LogP contribution in [0.25, 0.3) is 6.08 Å². The lowest BCUT2D eigenvalue weighted by Gasteiger charge is -2.34. The Morgan fingerprint density at radius 2 is 1.55 bits per heavy atom. The third-order valence-corrected chi connectivity index (χ3v) is 9.09. The molecule has 278 valence electrons. The van der Waals surface area contributed by atoms with E-state index in [4.69, 9.17) is 21.1 Å². The van der Waals surface area contributed by atoms with Crippen LogP contribution in [0.15, 0.2) is 109 Å². The minimum absolute atomic E-state index is 0. The van der Waals surface area contributed by atoms with Crippen molar-refractivity contribution in [1.82, 2.24) is 14.8 Å². The van der Waals surface area contributed by atoms with Gasteiger partial charge in [-0.1, -0.05) is 65.7 Å². The quantitative estimate of drug-likeness (QED) is 0.120. The van der Waals surface area contributed by atoms with Crippen LogP contribution in [-0.4, -0.2) is 53.4 Å².